The predicted octanol–water partition coefficient (Wildman–Crippen LogP) is -0.338. The maximum Gasteiger partial charge on any atom is 0.323 e. The van der Waals surface area contributed by atoms with Crippen molar-refractivity contribution in [1.82, 2.24) is 5.32 Å². The van der Waals surface area contributed by atoms with Gasteiger partial charge in [-0.3, -0.25) is 4.79 Å². The third kappa shape index (κ3) is 2.46. The number of carbonyl (C=O) groups excluding carboxylic acids is 1. The molecule has 0 aromatic heterocycles. The van der Waals surface area contributed by atoms with Crippen LogP contribution in [0.3, 0.4) is 0 Å². The van der Waals surface area contributed by atoms with Crippen LogP contribution in [0.15, 0.2) is 0 Å². The van der Waals surface area contributed by atoms with E-state index in [1.54, 1.807) is 6.92 Å². The standard InChI is InChI=1S/C8H15NO3/c1-2-12-8(11)7-4-3-6(10)5-9-7/h6-7,9-10H,2-5H2,1H3/t6-,7+/m1/s1. The molecular weight excluding hydrogens is 158 g/mol. The monoisotopic (exact) mass is 173 g/mol. The molecule has 2 N–H and O–H groups in total. The molecule has 0 amide bonds. The van der Waals surface area contributed by atoms with E-state index in [1.807, 2.05) is 0 Å². The Labute approximate surface area is 71.9 Å². The van der Waals surface area contributed by atoms with Gasteiger partial charge >= 0.3 is 5.97 Å². The van der Waals surface area contributed by atoms with Gasteiger partial charge in [0.05, 0.1) is 12.7 Å². The fraction of sp³-hybridized carbons (Fsp3) is 0.875. The molecule has 0 radical (unpaired) electrons. The SMILES string of the molecule is CCOC(=O)[C@@H]1CC[C@@H](O)CN1. The van der Waals surface area contributed by atoms with Gasteiger partial charge < -0.3 is 15.2 Å². The average Bonchev–Trinajstić information content (AvgIpc) is 2.06. The van der Waals surface area contributed by atoms with Crippen molar-refractivity contribution in [2.75, 3.05) is 13.2 Å². The van der Waals surface area contributed by atoms with Gasteiger partial charge in [0.2, 0.25) is 0 Å². The van der Waals surface area contributed by atoms with Gasteiger partial charge in [0.1, 0.15) is 6.04 Å². The number of aliphatic hydroxyl groups is 1. The lowest BCUT2D eigenvalue weighted by Crippen LogP contribution is -2.46. The molecule has 2 atom stereocenters. The minimum atomic E-state index is -0.310. The van der Waals surface area contributed by atoms with E-state index < -0.39 is 0 Å². The van der Waals surface area contributed by atoms with E-state index in [9.17, 15) is 4.79 Å². The zero-order valence-corrected chi connectivity index (χ0v) is 7.25. The lowest BCUT2D eigenvalue weighted by atomic mass is 10.0. The molecule has 1 rings (SSSR count). The molecule has 1 aliphatic heterocycles. The maximum atomic E-state index is 11.1. The van der Waals surface area contributed by atoms with Gasteiger partial charge in [0.25, 0.3) is 0 Å². The van der Waals surface area contributed by atoms with Crippen molar-refractivity contribution in [2.24, 2.45) is 0 Å². The molecule has 0 bridgehead atoms. The van der Waals surface area contributed by atoms with E-state index in [0.717, 1.165) is 0 Å². The van der Waals surface area contributed by atoms with Crippen LogP contribution in [-0.4, -0.2) is 36.4 Å². The summed E-state index contributed by atoms with van der Waals surface area (Å²) < 4.78 is 4.83. The lowest BCUT2D eigenvalue weighted by Gasteiger charge is -2.25. The van der Waals surface area contributed by atoms with Crippen molar-refractivity contribution in [3.63, 3.8) is 0 Å². The van der Waals surface area contributed by atoms with Crippen LogP contribution in [0, 0.1) is 0 Å². The maximum absolute atomic E-state index is 11.1. The van der Waals surface area contributed by atoms with E-state index in [2.05, 4.69) is 5.32 Å². The number of carbonyl (C=O) groups is 1. The van der Waals surface area contributed by atoms with Crippen LogP contribution < -0.4 is 5.32 Å². The molecule has 1 saturated heterocycles. The number of nitrogens with one attached hydrogen (secondary N) is 1. The number of β-amino-alcohol motifs (C(OH)–C–C–N with tert-alkyl or cyclic N) is 1. The molecule has 0 unspecified atom stereocenters. The second-order valence-corrected chi connectivity index (χ2v) is 2.94. The molecule has 70 valence electrons. The van der Waals surface area contributed by atoms with Crippen molar-refractivity contribution in [3.05, 3.63) is 0 Å². The summed E-state index contributed by atoms with van der Waals surface area (Å²) in [7, 11) is 0. The molecule has 1 heterocycles. The van der Waals surface area contributed by atoms with Crippen LogP contribution in [0.25, 0.3) is 0 Å². The summed E-state index contributed by atoms with van der Waals surface area (Å²) in [5, 5.41) is 12.1. The molecule has 0 aliphatic carbocycles. The van der Waals surface area contributed by atoms with Crippen molar-refractivity contribution in [2.45, 2.75) is 31.9 Å². The molecule has 0 aromatic rings. The van der Waals surface area contributed by atoms with Crippen LogP contribution in [-0.2, 0) is 9.53 Å². The third-order valence-corrected chi connectivity index (χ3v) is 1.96. The van der Waals surface area contributed by atoms with Crippen LogP contribution in [0.5, 0.6) is 0 Å². The number of piperidine rings is 1. The van der Waals surface area contributed by atoms with Crippen LogP contribution in [0.4, 0.5) is 0 Å². The molecule has 0 spiro atoms. The number of hydrogen-bond acceptors (Lipinski definition) is 4. The fourth-order valence-electron chi connectivity index (χ4n) is 1.29. The summed E-state index contributed by atoms with van der Waals surface area (Å²) in [5.74, 6) is -0.204. The Morgan fingerprint density at radius 3 is 2.92 bits per heavy atom. The Bertz CT molecular complexity index is 152. The summed E-state index contributed by atoms with van der Waals surface area (Å²) in [5.41, 5.74) is 0. The Hall–Kier alpha value is -0.610. The minimum Gasteiger partial charge on any atom is -0.465 e. The summed E-state index contributed by atoms with van der Waals surface area (Å²) in [6.45, 7) is 2.69. The van der Waals surface area contributed by atoms with Crippen molar-refractivity contribution in [1.29, 1.82) is 0 Å². The van der Waals surface area contributed by atoms with Crippen molar-refractivity contribution in [3.8, 4) is 0 Å². The van der Waals surface area contributed by atoms with E-state index >= 15 is 0 Å². The van der Waals surface area contributed by atoms with E-state index in [0.29, 0.717) is 26.0 Å². The predicted molar refractivity (Wildman–Crippen MR) is 43.7 cm³/mol. The molecule has 0 saturated carbocycles. The van der Waals surface area contributed by atoms with E-state index in [-0.39, 0.29) is 18.1 Å². The van der Waals surface area contributed by atoms with Crippen LogP contribution in [0.2, 0.25) is 0 Å². The summed E-state index contributed by atoms with van der Waals surface area (Å²) in [6, 6.07) is -0.214. The van der Waals surface area contributed by atoms with Crippen LogP contribution in [0.1, 0.15) is 19.8 Å². The molecule has 1 aliphatic rings. The Balaban J connectivity index is 2.29. The molecule has 1 fully saturated rings. The second kappa shape index (κ2) is 4.42. The first-order valence-corrected chi connectivity index (χ1v) is 4.32. The number of ether oxygens (including phenoxy) is 1. The smallest absolute Gasteiger partial charge is 0.323 e. The zero-order chi connectivity index (χ0) is 8.97. The number of aliphatic hydroxyl groups excluding tert-OH is 1. The number of rotatable bonds is 2. The molecule has 4 heteroatoms. The van der Waals surface area contributed by atoms with E-state index in [4.69, 9.17) is 9.84 Å². The largest absolute Gasteiger partial charge is 0.465 e. The molecule has 12 heavy (non-hydrogen) atoms. The zero-order valence-electron chi connectivity index (χ0n) is 7.25. The van der Waals surface area contributed by atoms with Gasteiger partial charge in [-0.05, 0) is 19.8 Å². The van der Waals surface area contributed by atoms with Gasteiger partial charge in [-0.15, -0.1) is 0 Å². The molecule has 4 nitrogen and oxygen atoms in total. The first kappa shape index (κ1) is 9.48. The number of esters is 1. The van der Waals surface area contributed by atoms with Gasteiger partial charge in [-0.25, -0.2) is 0 Å². The summed E-state index contributed by atoms with van der Waals surface area (Å²) in [4.78, 5) is 11.1. The Kier molecular flexibility index (Phi) is 3.49. The van der Waals surface area contributed by atoms with E-state index in [1.165, 1.54) is 0 Å². The highest BCUT2D eigenvalue weighted by molar-refractivity contribution is 5.75. The van der Waals surface area contributed by atoms with Crippen LogP contribution >= 0.6 is 0 Å². The highest BCUT2D eigenvalue weighted by Gasteiger charge is 2.25. The van der Waals surface area contributed by atoms with Crippen molar-refractivity contribution < 1.29 is 14.6 Å². The van der Waals surface area contributed by atoms with Gasteiger partial charge in [-0.1, -0.05) is 0 Å². The van der Waals surface area contributed by atoms with Gasteiger partial charge in [0.15, 0.2) is 0 Å². The summed E-state index contributed by atoms with van der Waals surface area (Å²) in [6.07, 6.45) is 1.03. The van der Waals surface area contributed by atoms with Gasteiger partial charge in [0, 0.05) is 6.54 Å². The number of hydrogen-bond donors (Lipinski definition) is 2. The van der Waals surface area contributed by atoms with Crippen molar-refractivity contribution >= 4 is 5.97 Å². The lowest BCUT2D eigenvalue weighted by molar-refractivity contribution is -0.146. The highest BCUT2D eigenvalue weighted by atomic mass is 16.5. The first-order valence-electron chi connectivity index (χ1n) is 4.32. The normalized spacial score (nSPS) is 29.8. The Morgan fingerprint density at radius 1 is 1.67 bits per heavy atom. The second-order valence-electron chi connectivity index (χ2n) is 2.94. The molecule has 0 aromatic carbocycles. The highest BCUT2D eigenvalue weighted by Crippen LogP contribution is 2.08. The first-order chi connectivity index (χ1) is 5.74. The molecular formula is C8H15NO3. The third-order valence-electron chi connectivity index (χ3n) is 1.96. The Morgan fingerprint density at radius 2 is 2.42 bits per heavy atom. The van der Waals surface area contributed by atoms with Gasteiger partial charge in [-0.2, -0.15) is 0 Å². The minimum absolute atomic E-state index is 0.204. The fourth-order valence-corrected chi connectivity index (χ4v) is 1.29. The summed E-state index contributed by atoms with van der Waals surface area (Å²) >= 11 is 0. The quantitative estimate of drug-likeness (QED) is 0.561. The topological polar surface area (TPSA) is 58.6 Å². The average molecular weight is 173 g/mol.